The van der Waals surface area contributed by atoms with Crippen molar-refractivity contribution in [3.8, 4) is 17.2 Å². The summed E-state index contributed by atoms with van der Waals surface area (Å²) in [7, 11) is 1.53. The lowest BCUT2D eigenvalue weighted by atomic mass is 9.98. The third-order valence-corrected chi connectivity index (χ3v) is 10.8. The number of carbonyl (C=O) groups is 2. The molecule has 3 aromatic carbocycles. The minimum absolute atomic E-state index is 0.0434. The minimum atomic E-state index is -3.09. The summed E-state index contributed by atoms with van der Waals surface area (Å²) < 4.78 is 55.1. The summed E-state index contributed by atoms with van der Waals surface area (Å²) in [6.45, 7) is 2.60. The highest BCUT2D eigenvalue weighted by Crippen LogP contribution is 2.38. The number of alkyl halides is 2. The van der Waals surface area contributed by atoms with E-state index in [2.05, 4.69) is 17.1 Å². The van der Waals surface area contributed by atoms with Crippen molar-refractivity contribution in [2.75, 3.05) is 45.3 Å². The summed E-state index contributed by atoms with van der Waals surface area (Å²) in [6.07, 6.45) is 4.96. The fourth-order valence-electron chi connectivity index (χ4n) is 6.65. The highest BCUT2D eigenvalue weighted by molar-refractivity contribution is 6.35. The minimum Gasteiger partial charge on any atom is -0.619 e. The molecule has 1 aliphatic heterocycles. The second-order valence-corrected chi connectivity index (χ2v) is 14.9. The number of ether oxygens (including phenoxy) is 5. The van der Waals surface area contributed by atoms with Gasteiger partial charge in [0.15, 0.2) is 29.9 Å². The Kier molecular flexibility index (Phi) is 14.3. The second-order valence-electron chi connectivity index (χ2n) is 14.1. The first-order chi connectivity index (χ1) is 27.5. The average molecular weight is 829 g/mol. The van der Waals surface area contributed by atoms with E-state index in [4.69, 9.17) is 46.9 Å². The Morgan fingerprint density at radius 1 is 0.912 bits per heavy atom. The first-order valence-electron chi connectivity index (χ1n) is 18.9. The number of piperidine rings is 1. The van der Waals surface area contributed by atoms with Crippen molar-refractivity contribution in [1.29, 1.82) is 0 Å². The molecule has 1 aromatic heterocycles. The molecular formula is C42H45Cl2F2N3O8. The molecule has 2 atom stereocenters. The van der Waals surface area contributed by atoms with E-state index in [1.165, 1.54) is 25.3 Å². The Morgan fingerprint density at radius 3 is 2.25 bits per heavy atom. The Bertz CT molecular complexity index is 1970. The lowest BCUT2D eigenvalue weighted by Crippen LogP contribution is -2.35. The van der Waals surface area contributed by atoms with E-state index < -0.39 is 30.7 Å². The number of rotatable bonds is 18. The predicted octanol–water partition coefficient (Wildman–Crippen LogP) is 8.59. The summed E-state index contributed by atoms with van der Waals surface area (Å²) in [6, 6.07) is 16.9. The molecular weight excluding hydrogens is 783 g/mol. The Hall–Kier alpha value is -4.85. The van der Waals surface area contributed by atoms with Crippen LogP contribution in [0.25, 0.3) is 0 Å². The Morgan fingerprint density at radius 2 is 1.60 bits per heavy atom. The van der Waals surface area contributed by atoms with E-state index in [9.17, 15) is 23.6 Å². The van der Waals surface area contributed by atoms with E-state index in [0.717, 1.165) is 57.7 Å². The van der Waals surface area contributed by atoms with Crippen molar-refractivity contribution in [1.82, 2.24) is 4.90 Å². The van der Waals surface area contributed by atoms with E-state index in [1.807, 2.05) is 12.1 Å². The first-order valence-corrected chi connectivity index (χ1v) is 19.6. The number of benzene rings is 3. The fraction of sp³-hybridized carbons (Fsp3) is 0.405. The lowest BCUT2D eigenvalue weighted by Gasteiger charge is -2.31. The van der Waals surface area contributed by atoms with Crippen molar-refractivity contribution >= 4 is 40.8 Å². The summed E-state index contributed by atoms with van der Waals surface area (Å²) >= 11 is 12.8. The number of hydrogen-bond acceptors (Lipinski definition) is 10. The highest BCUT2D eigenvalue weighted by Gasteiger charge is 2.29. The van der Waals surface area contributed by atoms with Crippen LogP contribution in [0, 0.1) is 17.0 Å². The van der Waals surface area contributed by atoms with Crippen LogP contribution in [0.4, 0.5) is 14.5 Å². The fourth-order valence-corrected chi connectivity index (χ4v) is 7.25. The molecule has 0 radical (unpaired) electrons. The number of nitrogens with zero attached hydrogens (tertiary/aromatic N) is 2. The maximum absolute atomic E-state index is 13.8. The van der Waals surface area contributed by atoms with Gasteiger partial charge in [-0.3, -0.25) is 0 Å². The normalized spacial score (nSPS) is 15.8. The molecule has 0 amide bonds. The molecule has 6 rings (SSSR count). The smallest absolute Gasteiger partial charge is 0.387 e. The maximum atomic E-state index is 13.8. The van der Waals surface area contributed by atoms with Crippen molar-refractivity contribution in [3.63, 3.8) is 0 Å². The quantitative estimate of drug-likeness (QED) is 0.0593. The first kappa shape index (κ1) is 41.8. The summed E-state index contributed by atoms with van der Waals surface area (Å²) in [5, 5.41) is 15.3. The van der Waals surface area contributed by atoms with Gasteiger partial charge in [-0.25, -0.2) is 9.59 Å². The van der Waals surface area contributed by atoms with Crippen LogP contribution in [0.3, 0.4) is 0 Å². The molecule has 4 aromatic rings. The second kappa shape index (κ2) is 19.5. The van der Waals surface area contributed by atoms with Gasteiger partial charge in [0.05, 0.1) is 25.9 Å². The van der Waals surface area contributed by atoms with Gasteiger partial charge in [-0.05, 0) is 105 Å². The third-order valence-electron chi connectivity index (χ3n) is 10.2. The van der Waals surface area contributed by atoms with Crippen LogP contribution in [-0.4, -0.2) is 63.4 Å². The topological polar surface area (TPSA) is 123 Å². The van der Waals surface area contributed by atoms with Gasteiger partial charge in [0, 0.05) is 23.2 Å². The summed E-state index contributed by atoms with van der Waals surface area (Å²) in [5.74, 6) is -0.210. The maximum Gasteiger partial charge on any atom is 0.387 e. The van der Waals surface area contributed by atoms with Crippen LogP contribution in [0.15, 0.2) is 79.1 Å². The molecule has 0 bridgehead atoms. The van der Waals surface area contributed by atoms with Crippen LogP contribution >= 0.6 is 23.2 Å². The van der Waals surface area contributed by atoms with Crippen molar-refractivity contribution < 1.29 is 46.8 Å². The molecule has 0 spiro atoms. The van der Waals surface area contributed by atoms with Crippen LogP contribution in [0.1, 0.15) is 71.8 Å². The SMILES string of the molecule is CCN1CCC(COC(=O)C(Nc2ccc(C(=O)O[C@@H](Cc3c(Cl)c[n+]([O-])cc3Cl)c3ccc(OC(F)F)c(OCC4CC4)c3)cc2)c2ccccc2OC)CC1. The van der Waals surface area contributed by atoms with E-state index in [1.54, 1.807) is 36.4 Å². The molecule has 1 unspecified atom stereocenters. The summed E-state index contributed by atoms with van der Waals surface area (Å²) in [5.41, 5.74) is 1.99. The molecule has 2 fully saturated rings. The molecule has 304 valence electrons. The van der Waals surface area contributed by atoms with Gasteiger partial charge in [0.1, 0.15) is 21.9 Å². The number of likely N-dealkylation sites (tertiary alicyclic amines) is 1. The van der Waals surface area contributed by atoms with E-state index >= 15 is 0 Å². The largest absolute Gasteiger partial charge is 0.619 e. The number of carbonyl (C=O) groups excluding carboxylic acids is 2. The van der Waals surface area contributed by atoms with Crippen LogP contribution in [0.5, 0.6) is 17.2 Å². The number of hydrogen-bond donors (Lipinski definition) is 1. The molecule has 1 N–H and O–H groups in total. The number of pyridine rings is 1. The number of anilines is 1. The predicted molar refractivity (Wildman–Crippen MR) is 210 cm³/mol. The molecule has 57 heavy (non-hydrogen) atoms. The molecule has 2 aliphatic rings. The Balaban J connectivity index is 1.22. The zero-order chi connectivity index (χ0) is 40.5. The van der Waals surface area contributed by atoms with E-state index in [-0.39, 0.29) is 39.4 Å². The van der Waals surface area contributed by atoms with Crippen molar-refractivity contribution in [2.45, 2.75) is 57.8 Å². The van der Waals surface area contributed by atoms with Gasteiger partial charge in [-0.1, -0.05) is 54.4 Å². The molecule has 1 aliphatic carbocycles. The third kappa shape index (κ3) is 11.4. The monoisotopic (exact) mass is 827 g/mol. The summed E-state index contributed by atoms with van der Waals surface area (Å²) in [4.78, 5) is 29.8. The Labute approximate surface area is 340 Å². The van der Waals surface area contributed by atoms with Gasteiger partial charge < -0.3 is 39.1 Å². The van der Waals surface area contributed by atoms with Crippen LogP contribution < -0.4 is 24.3 Å². The molecule has 15 heteroatoms. The molecule has 1 saturated heterocycles. The van der Waals surface area contributed by atoms with Gasteiger partial charge in [0.25, 0.3) is 0 Å². The molecule has 2 heterocycles. The lowest BCUT2D eigenvalue weighted by molar-refractivity contribution is -0.605. The number of esters is 2. The van der Waals surface area contributed by atoms with Crippen molar-refractivity contribution in [3.05, 3.63) is 117 Å². The molecule has 11 nitrogen and oxygen atoms in total. The van der Waals surface area contributed by atoms with Gasteiger partial charge >= 0.3 is 18.6 Å². The number of nitrogens with one attached hydrogen (secondary N) is 1. The van der Waals surface area contributed by atoms with Gasteiger partial charge in [0.2, 0.25) is 0 Å². The molecule has 1 saturated carbocycles. The zero-order valence-electron chi connectivity index (χ0n) is 31.6. The van der Waals surface area contributed by atoms with Crippen LogP contribution in [0.2, 0.25) is 10.0 Å². The van der Waals surface area contributed by atoms with Gasteiger partial charge in [-0.2, -0.15) is 13.5 Å². The standard InChI is InChI=1S/C42H45Cl2F2N3O8/c1-3-48-18-16-27(17-19-48)25-55-41(51)39(31-6-4-5-7-35(31)53-2)47-30-13-10-28(11-14-30)40(50)56-37(21-32-33(43)22-49(52)23-34(32)44)29-12-15-36(57-42(45)46)38(20-29)54-24-26-8-9-26/h4-7,10-15,20,22-23,26-27,37,39,42,47H,3,8-9,16-19,21,24-25H2,1-2H3/t37-,39?/m0/s1. The number of para-hydroxylation sites is 1. The number of halogens is 4. The van der Waals surface area contributed by atoms with Crippen LogP contribution in [-0.2, 0) is 20.7 Å². The highest BCUT2D eigenvalue weighted by atomic mass is 35.5. The van der Waals surface area contributed by atoms with Gasteiger partial charge in [-0.15, -0.1) is 0 Å². The number of methoxy groups -OCH3 is 1. The average Bonchev–Trinajstić information content (AvgIpc) is 4.04. The number of aromatic nitrogens is 1. The van der Waals surface area contributed by atoms with Crippen molar-refractivity contribution in [2.24, 2.45) is 11.8 Å². The van der Waals surface area contributed by atoms with E-state index in [0.29, 0.717) is 52.0 Å². The zero-order valence-corrected chi connectivity index (χ0v) is 33.1.